The minimum Gasteiger partial charge on any atom is -0.496 e. The second kappa shape index (κ2) is 10.5. The van der Waals surface area contributed by atoms with Crippen LogP contribution >= 0.6 is 0 Å². The number of amides is 1. The molecule has 1 fully saturated rings. The van der Waals surface area contributed by atoms with Crippen molar-refractivity contribution >= 4 is 23.5 Å². The van der Waals surface area contributed by atoms with Crippen LogP contribution in [-0.2, 0) is 14.3 Å². The fourth-order valence-corrected chi connectivity index (χ4v) is 3.44. The molecule has 1 heterocycles. The molecule has 5 heteroatoms. The van der Waals surface area contributed by atoms with Crippen LogP contribution in [0.2, 0.25) is 0 Å². The molecular formula is C24H27NO4. The van der Waals surface area contributed by atoms with Crippen molar-refractivity contribution in [3.63, 3.8) is 0 Å². The highest BCUT2D eigenvalue weighted by Crippen LogP contribution is 2.25. The Morgan fingerprint density at radius 1 is 0.931 bits per heavy atom. The molecule has 3 rings (SSSR count). The summed E-state index contributed by atoms with van der Waals surface area (Å²) in [7, 11) is 1.59. The number of likely N-dealkylation sites (tertiary alicyclic amines) is 1. The van der Waals surface area contributed by atoms with Gasteiger partial charge in [-0.15, -0.1) is 0 Å². The number of methoxy groups -OCH3 is 1. The summed E-state index contributed by atoms with van der Waals surface area (Å²) in [6, 6.07) is 16.8. The van der Waals surface area contributed by atoms with E-state index in [1.165, 1.54) is 0 Å². The molecule has 0 N–H and O–H groups in total. The van der Waals surface area contributed by atoms with Crippen molar-refractivity contribution in [3.8, 4) is 5.75 Å². The largest absolute Gasteiger partial charge is 0.496 e. The van der Waals surface area contributed by atoms with Crippen LogP contribution in [0.1, 0.15) is 36.8 Å². The summed E-state index contributed by atoms with van der Waals surface area (Å²) < 4.78 is 10.8. The topological polar surface area (TPSA) is 55.8 Å². The maximum Gasteiger partial charge on any atom is 0.339 e. The van der Waals surface area contributed by atoms with Gasteiger partial charge in [0.05, 0.1) is 12.7 Å². The quantitative estimate of drug-likeness (QED) is 0.420. The van der Waals surface area contributed by atoms with E-state index in [0.29, 0.717) is 11.3 Å². The number of esters is 1. The van der Waals surface area contributed by atoms with Crippen LogP contribution in [0.15, 0.2) is 54.6 Å². The van der Waals surface area contributed by atoms with Gasteiger partial charge >= 0.3 is 5.97 Å². The summed E-state index contributed by atoms with van der Waals surface area (Å²) in [5, 5.41) is 0. The van der Waals surface area contributed by atoms with Gasteiger partial charge in [-0.05, 0) is 30.5 Å². The highest BCUT2D eigenvalue weighted by molar-refractivity contribution is 6.22. The van der Waals surface area contributed by atoms with Crippen molar-refractivity contribution in [1.82, 2.24) is 4.90 Å². The Bertz CT molecular complexity index is 852. The highest BCUT2D eigenvalue weighted by atomic mass is 16.5. The predicted octanol–water partition coefficient (Wildman–Crippen LogP) is 4.18. The number of nitrogens with zero attached hydrogens (tertiary/aromatic N) is 1. The third kappa shape index (κ3) is 5.70. The second-order valence-electron chi connectivity index (χ2n) is 7.04. The van der Waals surface area contributed by atoms with Crippen molar-refractivity contribution in [2.45, 2.75) is 25.7 Å². The summed E-state index contributed by atoms with van der Waals surface area (Å²) >= 11 is 0. The number of benzene rings is 2. The van der Waals surface area contributed by atoms with Gasteiger partial charge in [0.1, 0.15) is 5.75 Å². The third-order valence-corrected chi connectivity index (χ3v) is 5.03. The SMILES string of the molecule is COc1ccccc1/C=C(/C(=O)OCC(=O)N1CCCCCC1)c1ccccc1. The van der Waals surface area contributed by atoms with Gasteiger partial charge in [0.15, 0.2) is 6.61 Å². The normalized spacial score (nSPS) is 14.8. The Balaban J connectivity index is 1.78. The zero-order chi connectivity index (χ0) is 20.5. The Morgan fingerprint density at radius 2 is 1.59 bits per heavy atom. The zero-order valence-electron chi connectivity index (χ0n) is 16.8. The zero-order valence-corrected chi connectivity index (χ0v) is 16.8. The molecule has 152 valence electrons. The van der Waals surface area contributed by atoms with Crippen molar-refractivity contribution in [2.75, 3.05) is 26.8 Å². The van der Waals surface area contributed by atoms with Crippen molar-refractivity contribution < 1.29 is 19.1 Å². The Labute approximate surface area is 171 Å². The molecule has 2 aromatic rings. The lowest BCUT2D eigenvalue weighted by molar-refractivity contribution is -0.147. The molecule has 0 aliphatic carbocycles. The number of ether oxygens (including phenoxy) is 2. The number of carbonyl (C=O) groups is 2. The standard InChI is InChI=1S/C24H27NO4/c1-28-22-14-8-7-13-20(22)17-21(19-11-5-4-6-12-19)24(27)29-18-23(26)25-15-9-2-3-10-16-25/h4-8,11-14,17H,2-3,9-10,15-16,18H2,1H3/b21-17+. The first-order valence-corrected chi connectivity index (χ1v) is 10.0. The van der Waals surface area contributed by atoms with E-state index in [4.69, 9.17) is 9.47 Å². The molecule has 1 saturated heterocycles. The number of para-hydroxylation sites is 1. The molecule has 0 aromatic heterocycles. The van der Waals surface area contributed by atoms with Gasteiger partial charge in [-0.1, -0.05) is 61.4 Å². The predicted molar refractivity (Wildman–Crippen MR) is 113 cm³/mol. The Kier molecular flexibility index (Phi) is 7.45. The molecule has 1 aliphatic heterocycles. The van der Waals surface area contributed by atoms with E-state index < -0.39 is 5.97 Å². The lowest BCUT2D eigenvalue weighted by Crippen LogP contribution is -2.35. The van der Waals surface area contributed by atoms with Gasteiger partial charge < -0.3 is 14.4 Å². The fourth-order valence-electron chi connectivity index (χ4n) is 3.44. The lowest BCUT2D eigenvalue weighted by atomic mass is 10.0. The van der Waals surface area contributed by atoms with Crippen LogP contribution in [0.3, 0.4) is 0 Å². The van der Waals surface area contributed by atoms with E-state index in [2.05, 4.69) is 0 Å². The van der Waals surface area contributed by atoms with Gasteiger partial charge in [0, 0.05) is 18.7 Å². The number of hydrogen-bond acceptors (Lipinski definition) is 4. The first-order valence-electron chi connectivity index (χ1n) is 10.0. The number of rotatable bonds is 6. The maximum atomic E-state index is 12.9. The van der Waals surface area contributed by atoms with Crippen LogP contribution in [0.25, 0.3) is 11.6 Å². The second-order valence-corrected chi connectivity index (χ2v) is 7.04. The van der Waals surface area contributed by atoms with Crippen LogP contribution in [0.5, 0.6) is 5.75 Å². The van der Waals surface area contributed by atoms with E-state index in [1.54, 1.807) is 18.1 Å². The van der Waals surface area contributed by atoms with Crippen LogP contribution in [0, 0.1) is 0 Å². The van der Waals surface area contributed by atoms with E-state index in [-0.39, 0.29) is 12.5 Å². The van der Waals surface area contributed by atoms with E-state index in [0.717, 1.165) is 49.9 Å². The van der Waals surface area contributed by atoms with Gasteiger partial charge in [0.2, 0.25) is 0 Å². The summed E-state index contributed by atoms with van der Waals surface area (Å²) in [5.74, 6) is 0.00426. The van der Waals surface area contributed by atoms with Gasteiger partial charge in [-0.2, -0.15) is 0 Å². The maximum absolute atomic E-state index is 12.9. The third-order valence-electron chi connectivity index (χ3n) is 5.03. The van der Waals surface area contributed by atoms with E-state index in [9.17, 15) is 9.59 Å². The summed E-state index contributed by atoms with van der Waals surface area (Å²) in [6.45, 7) is 1.23. The smallest absolute Gasteiger partial charge is 0.339 e. The molecular weight excluding hydrogens is 366 g/mol. The lowest BCUT2D eigenvalue weighted by Gasteiger charge is -2.20. The monoisotopic (exact) mass is 393 g/mol. The molecule has 0 bridgehead atoms. The Hall–Kier alpha value is -3.08. The van der Waals surface area contributed by atoms with Crippen molar-refractivity contribution in [1.29, 1.82) is 0 Å². The van der Waals surface area contributed by atoms with Gasteiger partial charge in [-0.3, -0.25) is 4.79 Å². The molecule has 2 aromatic carbocycles. The molecule has 0 atom stereocenters. The van der Waals surface area contributed by atoms with Crippen LogP contribution in [0.4, 0.5) is 0 Å². The first-order chi connectivity index (χ1) is 14.2. The number of carbonyl (C=O) groups excluding carboxylic acids is 2. The van der Waals surface area contributed by atoms with E-state index >= 15 is 0 Å². The minimum absolute atomic E-state index is 0.134. The fraction of sp³-hybridized carbons (Fsp3) is 0.333. The molecule has 0 saturated carbocycles. The van der Waals surface area contributed by atoms with Crippen LogP contribution in [-0.4, -0.2) is 43.6 Å². The average molecular weight is 393 g/mol. The van der Waals surface area contributed by atoms with Crippen LogP contribution < -0.4 is 4.74 Å². The molecule has 1 aliphatic rings. The molecule has 0 spiro atoms. The molecule has 5 nitrogen and oxygen atoms in total. The first kappa shape index (κ1) is 20.6. The summed E-state index contributed by atoms with van der Waals surface area (Å²) in [6.07, 6.45) is 6.03. The number of hydrogen-bond donors (Lipinski definition) is 0. The Morgan fingerprint density at radius 3 is 2.28 bits per heavy atom. The highest BCUT2D eigenvalue weighted by Gasteiger charge is 2.20. The minimum atomic E-state index is -0.523. The van der Waals surface area contributed by atoms with Crippen molar-refractivity contribution in [2.24, 2.45) is 0 Å². The summed E-state index contributed by atoms with van der Waals surface area (Å²) in [4.78, 5) is 27.2. The summed E-state index contributed by atoms with van der Waals surface area (Å²) in [5.41, 5.74) is 1.88. The molecule has 29 heavy (non-hydrogen) atoms. The van der Waals surface area contributed by atoms with Gasteiger partial charge in [-0.25, -0.2) is 4.79 Å². The molecule has 0 radical (unpaired) electrons. The molecule has 1 amide bonds. The van der Waals surface area contributed by atoms with Gasteiger partial charge in [0.25, 0.3) is 5.91 Å². The van der Waals surface area contributed by atoms with Crippen molar-refractivity contribution in [3.05, 3.63) is 65.7 Å². The average Bonchev–Trinajstić information content (AvgIpc) is 3.06. The molecule has 0 unspecified atom stereocenters. The van der Waals surface area contributed by atoms with E-state index in [1.807, 2.05) is 54.6 Å².